The average Bonchev–Trinajstić information content (AvgIpc) is 1.49. The molecule has 0 unspecified atom stereocenters. The molecule has 2 aliphatic heterocycles. The summed E-state index contributed by atoms with van der Waals surface area (Å²) < 4.78 is 0. The van der Waals surface area contributed by atoms with Gasteiger partial charge in [-0.2, -0.15) is 0 Å². The molecule has 0 saturated carbocycles. The van der Waals surface area contributed by atoms with Crippen LogP contribution in [0.15, 0.2) is 60.7 Å². The molecule has 7 N–H and O–H groups in total. The van der Waals surface area contributed by atoms with Crippen molar-refractivity contribution < 1.29 is 62.6 Å². The second kappa shape index (κ2) is 34.1. The van der Waals surface area contributed by atoms with Crippen LogP contribution in [0.5, 0.6) is 0 Å². The second-order valence-electron chi connectivity index (χ2n) is 25.1. The molecule has 2 fully saturated rings. The maximum atomic E-state index is 15.2. The molecule has 2 aliphatic rings. The van der Waals surface area contributed by atoms with Crippen molar-refractivity contribution in [2.75, 3.05) is 54.9 Å². The number of rotatable bonds is 15. The lowest BCUT2D eigenvalue weighted by Crippen LogP contribution is -2.62. The zero-order valence-electron chi connectivity index (χ0n) is 54.7. The molecule has 492 valence electrons. The number of aliphatic hydroxyl groups is 1. The Hall–Kier alpha value is -7.96. The monoisotopic (exact) mass is 1240 g/mol. The molecule has 4 rings (SSSR count). The minimum atomic E-state index is -1.78. The fourth-order valence-electron chi connectivity index (χ4n) is 10.9. The number of likely N-dealkylation sites (tertiary alicyclic amines) is 1. The molecule has 0 aromatic heterocycles. The Balaban J connectivity index is 1.84. The van der Waals surface area contributed by atoms with E-state index >= 15 is 4.79 Å². The molecule has 11 atom stereocenters. The molecule has 25 heteroatoms. The third-order valence-electron chi connectivity index (χ3n) is 16.4. The van der Waals surface area contributed by atoms with E-state index in [1.165, 1.54) is 65.8 Å². The Labute approximate surface area is 524 Å². The molecular formula is C64H98N12O13. The van der Waals surface area contributed by atoms with E-state index in [0.29, 0.717) is 24.2 Å². The number of nitrogens with zero attached hydrogens (tertiary/aromatic N) is 6. The summed E-state index contributed by atoms with van der Waals surface area (Å²) in [4.78, 5) is 180. The topological polar surface area (TPSA) is 317 Å². The van der Waals surface area contributed by atoms with Gasteiger partial charge in [-0.05, 0) is 88.7 Å². The number of carbonyl (C=O) groups excluding carboxylic acids is 12. The zero-order chi connectivity index (χ0) is 66.7. The summed E-state index contributed by atoms with van der Waals surface area (Å²) in [6.07, 6.45) is 0.239. The standard InChI is InChI=1S/C64H98N12O13/c1-37(2)31-46-55(80)69-53(39(5)6)58(83)68-47(62(87)73(13)49(33-44-25-19-16-20-26-44)56(81)66-41(8)60(85)76-29-23-18-24-30-76)35-51(78)65-40(7)59(84)72(12)42(9)61(86)75(15)50(34-45-27-21-17-22-28-45)63(88)74(14)48(32-38(3)4)57(82)70-54(43(10)77)64(89)71(11)36-52(79)67-46/h16-17,19-22,25-28,37-43,46-50,53-54,77H,18,23-24,29-36H2,1-15H3,(H,65,78)(H,66,81)(H,67,79)(H,68,83)(H,69,80)(H,70,82)/t40-,41+,42+,43-,46+,47+,48+,49+,50+,53+,54+/m1/s1. The molecule has 12 amide bonds. The highest BCUT2D eigenvalue weighted by molar-refractivity contribution is 6.00. The van der Waals surface area contributed by atoms with E-state index < -0.39 is 150 Å². The number of carbonyl (C=O) groups is 12. The van der Waals surface area contributed by atoms with E-state index in [4.69, 9.17) is 0 Å². The number of likely N-dealkylation sites (N-methyl/N-ethyl adjacent to an activating group) is 5. The van der Waals surface area contributed by atoms with Gasteiger partial charge in [0.05, 0.1) is 19.1 Å². The molecular weight excluding hydrogens is 1140 g/mol. The Morgan fingerprint density at radius 1 is 0.607 bits per heavy atom. The highest BCUT2D eigenvalue weighted by Gasteiger charge is 2.42. The number of aliphatic hydroxyl groups excluding tert-OH is 1. The summed E-state index contributed by atoms with van der Waals surface area (Å²) >= 11 is 0. The van der Waals surface area contributed by atoms with E-state index in [2.05, 4.69) is 31.9 Å². The first-order chi connectivity index (χ1) is 41.7. The molecule has 0 spiro atoms. The summed E-state index contributed by atoms with van der Waals surface area (Å²) in [6, 6.07) is 3.88. The second-order valence-corrected chi connectivity index (χ2v) is 25.1. The van der Waals surface area contributed by atoms with Crippen molar-refractivity contribution >= 4 is 70.9 Å². The first-order valence-electron chi connectivity index (χ1n) is 30.9. The van der Waals surface area contributed by atoms with Gasteiger partial charge in [0.1, 0.15) is 60.4 Å². The van der Waals surface area contributed by atoms with Gasteiger partial charge in [0, 0.05) is 61.2 Å². The van der Waals surface area contributed by atoms with Crippen LogP contribution in [0, 0.1) is 17.8 Å². The van der Waals surface area contributed by atoms with Gasteiger partial charge >= 0.3 is 0 Å². The number of hydrogen-bond acceptors (Lipinski definition) is 13. The van der Waals surface area contributed by atoms with Crippen molar-refractivity contribution in [2.24, 2.45) is 17.8 Å². The summed E-state index contributed by atoms with van der Waals surface area (Å²) in [7, 11) is 6.69. The summed E-state index contributed by atoms with van der Waals surface area (Å²) in [6.45, 7) is 16.4. The first kappa shape index (κ1) is 73.5. The van der Waals surface area contributed by atoms with E-state index in [1.807, 2.05) is 13.8 Å². The molecule has 2 aromatic carbocycles. The number of benzene rings is 2. The quantitative estimate of drug-likeness (QED) is 0.130. The van der Waals surface area contributed by atoms with Gasteiger partial charge in [0.25, 0.3) is 0 Å². The van der Waals surface area contributed by atoms with Crippen molar-refractivity contribution in [1.29, 1.82) is 0 Å². The van der Waals surface area contributed by atoms with E-state index in [-0.39, 0.29) is 43.4 Å². The van der Waals surface area contributed by atoms with Crippen LogP contribution in [0.3, 0.4) is 0 Å². The average molecular weight is 1240 g/mol. The molecule has 0 radical (unpaired) electrons. The van der Waals surface area contributed by atoms with Crippen molar-refractivity contribution in [1.82, 2.24) is 61.3 Å². The van der Waals surface area contributed by atoms with Crippen LogP contribution in [0.4, 0.5) is 0 Å². The zero-order valence-corrected chi connectivity index (χ0v) is 54.7. The van der Waals surface area contributed by atoms with E-state index in [1.54, 1.807) is 100 Å². The van der Waals surface area contributed by atoms with Crippen molar-refractivity contribution in [2.45, 2.75) is 187 Å². The molecule has 25 nitrogen and oxygen atoms in total. The van der Waals surface area contributed by atoms with Crippen LogP contribution in [-0.2, 0) is 70.4 Å². The van der Waals surface area contributed by atoms with Gasteiger partial charge in [-0.25, -0.2) is 0 Å². The predicted molar refractivity (Wildman–Crippen MR) is 333 cm³/mol. The predicted octanol–water partition coefficient (Wildman–Crippen LogP) is 0.752. The number of nitrogens with one attached hydrogen (secondary N) is 6. The molecule has 0 aliphatic carbocycles. The van der Waals surface area contributed by atoms with Crippen LogP contribution >= 0.6 is 0 Å². The summed E-state index contributed by atoms with van der Waals surface area (Å²) in [5.41, 5.74) is 1.28. The molecule has 0 bridgehead atoms. The third kappa shape index (κ3) is 21.1. The maximum Gasteiger partial charge on any atom is 0.248 e. The minimum Gasteiger partial charge on any atom is -0.391 e. The minimum absolute atomic E-state index is 0.0394. The Morgan fingerprint density at radius 3 is 1.71 bits per heavy atom. The van der Waals surface area contributed by atoms with Crippen molar-refractivity contribution in [3.8, 4) is 0 Å². The van der Waals surface area contributed by atoms with Crippen LogP contribution < -0.4 is 31.9 Å². The number of hydrogen-bond donors (Lipinski definition) is 7. The van der Waals surface area contributed by atoms with E-state index in [9.17, 15) is 57.8 Å². The summed E-state index contributed by atoms with van der Waals surface area (Å²) in [5.74, 6) is -10.4. The SMILES string of the molecule is CC(C)C[C@@H]1NC(=O)CN(C)C(=O)[C@H]([C@@H](C)O)NC(=O)[C@H](CC(C)C)N(C)C(=O)[C@H](Cc2ccccc2)N(C)C(=O)[C@H](C)N(C)C(=O)[C@@H](C)NC(=O)C[C@@H](C(=O)N(C)[C@@H](Cc2ccccc2)C(=O)N[C@@H](C)C(=O)N2CCCCC2)NC(=O)[C@H](C(C)C)NC1=O. The summed E-state index contributed by atoms with van der Waals surface area (Å²) in [5, 5.41) is 27.0. The largest absolute Gasteiger partial charge is 0.391 e. The van der Waals surface area contributed by atoms with Crippen LogP contribution in [0.2, 0.25) is 0 Å². The molecule has 2 saturated heterocycles. The smallest absolute Gasteiger partial charge is 0.248 e. The Kier molecular flexibility index (Phi) is 28.2. The lowest BCUT2D eigenvalue weighted by atomic mass is 9.98. The maximum absolute atomic E-state index is 15.2. The highest BCUT2D eigenvalue weighted by atomic mass is 16.3. The highest BCUT2D eigenvalue weighted by Crippen LogP contribution is 2.21. The number of piperidine rings is 1. The number of amides is 12. The van der Waals surface area contributed by atoms with Gasteiger partial charge in [-0.3, -0.25) is 57.5 Å². The van der Waals surface area contributed by atoms with Crippen LogP contribution in [0.1, 0.15) is 119 Å². The van der Waals surface area contributed by atoms with Gasteiger partial charge in [-0.15, -0.1) is 0 Å². The van der Waals surface area contributed by atoms with Crippen LogP contribution in [0.25, 0.3) is 0 Å². The fraction of sp³-hybridized carbons (Fsp3) is 0.625. The fourth-order valence-corrected chi connectivity index (χ4v) is 10.9. The molecule has 2 aromatic rings. The third-order valence-corrected chi connectivity index (χ3v) is 16.4. The van der Waals surface area contributed by atoms with Gasteiger partial charge < -0.3 is 66.4 Å². The van der Waals surface area contributed by atoms with E-state index in [0.717, 1.165) is 34.0 Å². The van der Waals surface area contributed by atoms with Crippen LogP contribution in [-0.4, -0.2) is 227 Å². The lowest BCUT2D eigenvalue weighted by molar-refractivity contribution is -0.152. The van der Waals surface area contributed by atoms with Crippen molar-refractivity contribution in [3.63, 3.8) is 0 Å². The molecule has 89 heavy (non-hydrogen) atoms. The van der Waals surface area contributed by atoms with Crippen molar-refractivity contribution in [3.05, 3.63) is 71.8 Å². The van der Waals surface area contributed by atoms with Gasteiger partial charge in [-0.1, -0.05) is 102 Å². The van der Waals surface area contributed by atoms with Gasteiger partial charge in [0.2, 0.25) is 70.9 Å². The normalized spacial score (nSPS) is 24.4. The Bertz CT molecular complexity index is 2800. The molecule has 2 heterocycles. The lowest BCUT2D eigenvalue weighted by Gasteiger charge is -2.38. The first-order valence-corrected chi connectivity index (χ1v) is 30.9. The van der Waals surface area contributed by atoms with Gasteiger partial charge in [0.15, 0.2) is 0 Å². The Morgan fingerprint density at radius 2 is 1.16 bits per heavy atom.